The third-order valence-corrected chi connectivity index (χ3v) is 6.57. The van der Waals surface area contributed by atoms with E-state index in [0.29, 0.717) is 37.4 Å². The number of carbonyl (C=O) groups is 1. The van der Waals surface area contributed by atoms with Gasteiger partial charge in [-0.15, -0.1) is 0 Å². The number of carbonyl (C=O) groups excluding carboxylic acids is 1. The summed E-state index contributed by atoms with van der Waals surface area (Å²) < 4.78 is 26.9. The number of pyridine rings is 1. The molecule has 0 saturated carbocycles. The van der Waals surface area contributed by atoms with Crippen LogP contribution < -0.4 is 5.32 Å². The third-order valence-electron chi connectivity index (χ3n) is 4.65. The molecule has 2 aromatic rings. The molecule has 1 aromatic heterocycles. The number of aryl methyl sites for hydroxylation is 1. The molecule has 0 spiro atoms. The first kappa shape index (κ1) is 18.5. The second-order valence-electron chi connectivity index (χ2n) is 6.53. The molecule has 1 amide bonds. The van der Waals surface area contributed by atoms with Gasteiger partial charge in [-0.3, -0.25) is 9.78 Å². The van der Waals surface area contributed by atoms with Crippen molar-refractivity contribution in [3.05, 3.63) is 59.9 Å². The normalized spacial score (nSPS) is 16.3. The summed E-state index contributed by atoms with van der Waals surface area (Å²) in [5.74, 6) is -0.203. The van der Waals surface area contributed by atoms with Crippen molar-refractivity contribution in [1.82, 2.24) is 14.6 Å². The van der Waals surface area contributed by atoms with E-state index in [-0.39, 0.29) is 11.8 Å². The van der Waals surface area contributed by atoms with E-state index in [4.69, 9.17) is 0 Å². The minimum Gasteiger partial charge on any atom is -0.350 e. The Hall–Kier alpha value is -2.25. The molecule has 0 aliphatic carbocycles. The zero-order chi connectivity index (χ0) is 18.6. The van der Waals surface area contributed by atoms with Gasteiger partial charge in [0.15, 0.2) is 0 Å². The first-order valence-electron chi connectivity index (χ1n) is 8.71. The molecular formula is C19H23N3O3S. The monoisotopic (exact) mass is 373 g/mol. The quantitative estimate of drug-likeness (QED) is 0.871. The molecule has 1 fully saturated rings. The predicted molar refractivity (Wildman–Crippen MR) is 98.7 cm³/mol. The third kappa shape index (κ3) is 4.28. The Bertz CT molecular complexity index is 843. The van der Waals surface area contributed by atoms with Crippen LogP contribution in [0, 0.1) is 12.8 Å². The maximum Gasteiger partial charge on any atom is 0.243 e. The van der Waals surface area contributed by atoms with Crippen LogP contribution in [0.1, 0.15) is 24.1 Å². The van der Waals surface area contributed by atoms with Crippen molar-refractivity contribution in [1.29, 1.82) is 0 Å². The molecule has 0 radical (unpaired) electrons. The number of hydrogen-bond donors (Lipinski definition) is 1. The fraction of sp³-hybridized carbons (Fsp3) is 0.368. The van der Waals surface area contributed by atoms with Gasteiger partial charge in [-0.25, -0.2) is 8.42 Å². The van der Waals surface area contributed by atoms with E-state index in [9.17, 15) is 13.2 Å². The largest absolute Gasteiger partial charge is 0.350 e. The van der Waals surface area contributed by atoms with E-state index in [1.54, 1.807) is 30.5 Å². The van der Waals surface area contributed by atoms with E-state index >= 15 is 0 Å². The fourth-order valence-corrected chi connectivity index (χ4v) is 4.51. The summed E-state index contributed by atoms with van der Waals surface area (Å²) in [6, 6.07) is 12.4. The Morgan fingerprint density at radius 2 is 1.85 bits per heavy atom. The van der Waals surface area contributed by atoms with Gasteiger partial charge < -0.3 is 5.32 Å². The average Bonchev–Trinajstić information content (AvgIpc) is 2.67. The summed E-state index contributed by atoms with van der Waals surface area (Å²) in [5.41, 5.74) is 1.83. The lowest BCUT2D eigenvalue weighted by atomic mass is 9.97. The lowest BCUT2D eigenvalue weighted by molar-refractivity contribution is -0.126. The summed E-state index contributed by atoms with van der Waals surface area (Å²) in [5, 5.41) is 2.89. The van der Waals surface area contributed by atoms with Crippen molar-refractivity contribution < 1.29 is 13.2 Å². The topological polar surface area (TPSA) is 79.4 Å². The van der Waals surface area contributed by atoms with Crippen molar-refractivity contribution in [2.24, 2.45) is 5.92 Å². The first-order chi connectivity index (χ1) is 12.5. The van der Waals surface area contributed by atoms with Crippen LogP contribution in [0.4, 0.5) is 0 Å². The SMILES string of the molecule is Cc1ccc(S(=O)(=O)N2CCC(C(=O)NCc3ccccn3)CC2)cc1. The highest BCUT2D eigenvalue weighted by molar-refractivity contribution is 7.89. The number of nitrogens with zero attached hydrogens (tertiary/aromatic N) is 2. The average molecular weight is 373 g/mol. The van der Waals surface area contributed by atoms with E-state index in [2.05, 4.69) is 10.3 Å². The Labute approximate surface area is 154 Å². The lowest BCUT2D eigenvalue weighted by Gasteiger charge is -2.30. The maximum absolute atomic E-state index is 12.7. The Balaban J connectivity index is 1.55. The highest BCUT2D eigenvalue weighted by Crippen LogP contribution is 2.24. The fourth-order valence-electron chi connectivity index (χ4n) is 3.04. The van der Waals surface area contributed by atoms with Crippen LogP contribution in [0.2, 0.25) is 0 Å². The summed E-state index contributed by atoms with van der Waals surface area (Å²) in [4.78, 5) is 16.8. The maximum atomic E-state index is 12.7. The molecule has 2 heterocycles. The van der Waals surface area contributed by atoms with Crippen molar-refractivity contribution >= 4 is 15.9 Å². The van der Waals surface area contributed by atoms with Gasteiger partial charge in [0.05, 0.1) is 17.1 Å². The molecule has 26 heavy (non-hydrogen) atoms. The Morgan fingerprint density at radius 1 is 1.15 bits per heavy atom. The number of rotatable bonds is 5. The van der Waals surface area contributed by atoms with Crippen LogP contribution in [-0.2, 0) is 21.4 Å². The van der Waals surface area contributed by atoms with Gasteiger partial charge in [-0.1, -0.05) is 23.8 Å². The standard InChI is InChI=1S/C19H23N3O3S/c1-15-5-7-18(8-6-15)26(24,25)22-12-9-16(10-13-22)19(23)21-14-17-4-2-3-11-20-17/h2-8,11,16H,9-10,12-14H2,1H3,(H,21,23). The molecule has 0 atom stereocenters. The van der Waals surface area contributed by atoms with Gasteiger partial charge in [0.2, 0.25) is 15.9 Å². The van der Waals surface area contributed by atoms with Gasteiger partial charge in [0, 0.05) is 25.2 Å². The van der Waals surface area contributed by atoms with Crippen molar-refractivity contribution in [3.8, 4) is 0 Å². The number of amides is 1. The smallest absolute Gasteiger partial charge is 0.243 e. The zero-order valence-electron chi connectivity index (χ0n) is 14.8. The number of piperidine rings is 1. The molecule has 1 aliphatic heterocycles. The van der Waals surface area contributed by atoms with E-state index in [0.717, 1.165) is 11.3 Å². The molecule has 0 bridgehead atoms. The van der Waals surface area contributed by atoms with Crippen LogP contribution in [-0.4, -0.2) is 36.7 Å². The van der Waals surface area contributed by atoms with Gasteiger partial charge in [0.1, 0.15) is 0 Å². The zero-order valence-corrected chi connectivity index (χ0v) is 15.6. The van der Waals surface area contributed by atoms with Crippen molar-refractivity contribution in [2.45, 2.75) is 31.2 Å². The number of hydrogen-bond acceptors (Lipinski definition) is 4. The summed E-state index contributed by atoms with van der Waals surface area (Å²) >= 11 is 0. The molecule has 7 heteroatoms. The van der Waals surface area contributed by atoms with Crippen LogP contribution in [0.5, 0.6) is 0 Å². The molecule has 1 aromatic carbocycles. The number of aromatic nitrogens is 1. The van der Waals surface area contributed by atoms with Crippen LogP contribution >= 0.6 is 0 Å². The minimum absolute atomic E-state index is 0.0389. The van der Waals surface area contributed by atoms with Gasteiger partial charge in [-0.2, -0.15) is 4.31 Å². The molecule has 1 saturated heterocycles. The van der Waals surface area contributed by atoms with Crippen LogP contribution in [0.15, 0.2) is 53.6 Å². The van der Waals surface area contributed by atoms with Crippen molar-refractivity contribution in [2.75, 3.05) is 13.1 Å². The molecular weight excluding hydrogens is 350 g/mol. The second-order valence-corrected chi connectivity index (χ2v) is 8.47. The Kier molecular flexibility index (Phi) is 5.68. The molecule has 1 aliphatic rings. The van der Waals surface area contributed by atoms with E-state index in [1.807, 2.05) is 25.1 Å². The highest BCUT2D eigenvalue weighted by atomic mass is 32.2. The van der Waals surface area contributed by atoms with Crippen LogP contribution in [0.3, 0.4) is 0 Å². The molecule has 138 valence electrons. The molecule has 1 N–H and O–H groups in total. The van der Waals surface area contributed by atoms with Gasteiger partial charge in [0.25, 0.3) is 0 Å². The van der Waals surface area contributed by atoms with Crippen LogP contribution in [0.25, 0.3) is 0 Å². The summed E-state index contributed by atoms with van der Waals surface area (Å²) in [6.07, 6.45) is 2.74. The van der Waals surface area contributed by atoms with Gasteiger partial charge >= 0.3 is 0 Å². The second kappa shape index (κ2) is 7.97. The van der Waals surface area contributed by atoms with E-state index < -0.39 is 10.0 Å². The lowest BCUT2D eigenvalue weighted by Crippen LogP contribution is -2.42. The molecule has 0 unspecified atom stereocenters. The number of sulfonamides is 1. The first-order valence-corrected chi connectivity index (χ1v) is 10.2. The number of nitrogens with one attached hydrogen (secondary N) is 1. The molecule has 6 nitrogen and oxygen atoms in total. The predicted octanol–water partition coefficient (Wildman–Crippen LogP) is 2.11. The number of benzene rings is 1. The van der Waals surface area contributed by atoms with Gasteiger partial charge in [-0.05, 0) is 44.0 Å². The van der Waals surface area contributed by atoms with Crippen molar-refractivity contribution in [3.63, 3.8) is 0 Å². The summed E-state index contributed by atoms with van der Waals surface area (Å²) in [7, 11) is -3.49. The van der Waals surface area contributed by atoms with E-state index in [1.165, 1.54) is 4.31 Å². The molecule has 3 rings (SSSR count). The minimum atomic E-state index is -3.49. The Morgan fingerprint density at radius 3 is 2.46 bits per heavy atom. The highest BCUT2D eigenvalue weighted by Gasteiger charge is 2.31. The summed E-state index contributed by atoms with van der Waals surface area (Å²) in [6.45, 7) is 3.03.